The number of esters is 1. The second kappa shape index (κ2) is 11.5. The number of anilines is 1. The first-order valence-electron chi connectivity index (χ1n) is 10.8. The van der Waals surface area contributed by atoms with E-state index in [2.05, 4.69) is 20.0 Å². The van der Waals surface area contributed by atoms with Crippen LogP contribution in [0.1, 0.15) is 41.1 Å². The van der Waals surface area contributed by atoms with E-state index in [-0.39, 0.29) is 55.8 Å². The quantitative estimate of drug-likeness (QED) is 0.373. The Morgan fingerprint density at radius 3 is 2.54 bits per heavy atom. The molecule has 0 saturated carbocycles. The average Bonchev–Trinajstić information content (AvgIpc) is 3.14. The predicted molar refractivity (Wildman–Crippen MR) is 131 cm³/mol. The first-order valence-corrected chi connectivity index (χ1v) is 10.8. The van der Waals surface area contributed by atoms with Crippen LogP contribution in [0, 0.1) is 20.8 Å². The summed E-state index contributed by atoms with van der Waals surface area (Å²) < 4.78 is 40.4. The Bertz CT molecular complexity index is 1220. The number of benzene rings is 2. The van der Waals surface area contributed by atoms with E-state index in [1.807, 2.05) is 43.3 Å². The van der Waals surface area contributed by atoms with Gasteiger partial charge >= 0.3 is 56.3 Å². The van der Waals surface area contributed by atoms with Crippen molar-refractivity contribution < 1.29 is 27.8 Å². The van der Waals surface area contributed by atoms with E-state index >= 15 is 0 Å². The fraction of sp³-hybridized carbons (Fsp3) is 0.320. The molecule has 1 N–H and O–H groups in total. The predicted octanol–water partition coefficient (Wildman–Crippen LogP) is 4.36. The van der Waals surface area contributed by atoms with E-state index in [1.54, 1.807) is 13.8 Å². The summed E-state index contributed by atoms with van der Waals surface area (Å²) >= 11 is 0. The average molecular weight is 512 g/mol. The third-order valence-electron chi connectivity index (χ3n) is 5.70. The van der Waals surface area contributed by atoms with Crippen LogP contribution in [0.25, 0.3) is 11.1 Å². The van der Waals surface area contributed by atoms with Gasteiger partial charge in [0.05, 0.1) is 11.4 Å². The number of ether oxygens (including phenoxy) is 3. The molecule has 182 valence electrons. The molecular weight excluding hydrogens is 484 g/mol. The Labute approximate surface area is 232 Å². The molecule has 1 aliphatic rings. The van der Waals surface area contributed by atoms with Crippen molar-refractivity contribution in [3.63, 3.8) is 0 Å². The summed E-state index contributed by atoms with van der Waals surface area (Å²) in [6, 6.07) is 11.3. The molecule has 7 nitrogen and oxygen atoms in total. The summed E-state index contributed by atoms with van der Waals surface area (Å²) in [4.78, 5) is 19.5. The van der Waals surface area contributed by atoms with E-state index in [1.165, 1.54) is 6.92 Å². The van der Waals surface area contributed by atoms with E-state index in [0.29, 0.717) is 30.3 Å². The maximum atomic E-state index is 12.6. The summed E-state index contributed by atoms with van der Waals surface area (Å²) in [5, 5.41) is 3.40. The number of carbonyl (C=O) groups excluding carboxylic acids is 1. The zero-order valence-electron chi connectivity index (χ0n) is 19.3. The van der Waals surface area contributed by atoms with Gasteiger partial charge in [-0.05, 0) is 49.6 Å². The van der Waals surface area contributed by atoms with E-state index in [4.69, 9.17) is 9.47 Å². The van der Waals surface area contributed by atoms with Crippen LogP contribution in [0.4, 0.5) is 14.5 Å². The number of hydrogen-bond donors (Lipinski definition) is 1. The molecule has 0 spiro atoms. The number of rotatable bonds is 7. The number of aryl methyl sites for hydroxylation is 2. The number of carbonyl (C=O) groups is 1. The topological polar surface area (TPSA) is 82.6 Å². The molecular formula is C25H27CaF2N3O4. The van der Waals surface area contributed by atoms with Crippen LogP contribution in [-0.4, -0.2) is 66.9 Å². The van der Waals surface area contributed by atoms with Crippen LogP contribution >= 0.6 is 0 Å². The van der Waals surface area contributed by atoms with Crippen molar-refractivity contribution in [1.29, 1.82) is 0 Å². The van der Waals surface area contributed by atoms with Crippen LogP contribution in [0.5, 0.6) is 11.8 Å². The number of nitrogens with one attached hydrogen (secondary N) is 1. The van der Waals surface area contributed by atoms with Gasteiger partial charge in [0.15, 0.2) is 6.10 Å². The molecule has 0 amide bonds. The van der Waals surface area contributed by atoms with Gasteiger partial charge in [-0.3, -0.25) is 4.79 Å². The van der Waals surface area contributed by atoms with Crippen molar-refractivity contribution in [2.45, 2.75) is 47.0 Å². The summed E-state index contributed by atoms with van der Waals surface area (Å²) in [6.45, 7) is 4.77. The third-order valence-corrected chi connectivity index (χ3v) is 5.70. The zero-order chi connectivity index (χ0) is 24.4. The van der Waals surface area contributed by atoms with Gasteiger partial charge in [-0.2, -0.15) is 18.7 Å². The van der Waals surface area contributed by atoms with E-state index < -0.39 is 6.61 Å². The molecule has 35 heavy (non-hydrogen) atoms. The SMILES string of the molecule is CC(=O)O[C@@H]1COc2cc(NCc3cccc(-c4c(C)nc(OC(F)F)nc4C)c3C)ccc21.[CaH2]. The number of halogens is 2. The van der Waals surface area contributed by atoms with Gasteiger partial charge in [-0.25, -0.2) is 0 Å². The van der Waals surface area contributed by atoms with Gasteiger partial charge in [0.1, 0.15) is 12.4 Å². The number of hydrogen-bond acceptors (Lipinski definition) is 7. The van der Waals surface area contributed by atoms with Crippen LogP contribution in [-0.2, 0) is 16.1 Å². The van der Waals surface area contributed by atoms with Gasteiger partial charge in [0.25, 0.3) is 0 Å². The maximum absolute atomic E-state index is 12.6. The Morgan fingerprint density at radius 1 is 1.17 bits per heavy atom. The van der Waals surface area contributed by atoms with Crippen molar-refractivity contribution in [3.05, 3.63) is 64.5 Å². The molecule has 0 unspecified atom stereocenters. The number of alkyl halides is 2. The Hall–Kier alpha value is -2.49. The second-order valence-corrected chi connectivity index (χ2v) is 8.04. The minimum absolute atomic E-state index is 0. The van der Waals surface area contributed by atoms with Crippen molar-refractivity contribution in [2.24, 2.45) is 0 Å². The molecule has 2 aromatic carbocycles. The Balaban J connectivity index is 0.00000342. The molecule has 2 heterocycles. The van der Waals surface area contributed by atoms with Crippen molar-refractivity contribution in [3.8, 4) is 22.9 Å². The van der Waals surface area contributed by atoms with Crippen molar-refractivity contribution in [1.82, 2.24) is 9.97 Å². The zero-order valence-corrected chi connectivity index (χ0v) is 19.3. The molecule has 4 rings (SSSR count). The fourth-order valence-corrected chi connectivity index (χ4v) is 4.14. The van der Waals surface area contributed by atoms with Gasteiger partial charge in [0.2, 0.25) is 0 Å². The molecule has 1 aliphatic heterocycles. The van der Waals surface area contributed by atoms with Crippen LogP contribution < -0.4 is 14.8 Å². The number of aromatic nitrogens is 2. The second-order valence-electron chi connectivity index (χ2n) is 8.04. The molecule has 3 aromatic rings. The van der Waals surface area contributed by atoms with Crippen LogP contribution in [0.15, 0.2) is 36.4 Å². The first-order chi connectivity index (χ1) is 16.2. The van der Waals surface area contributed by atoms with Gasteiger partial charge < -0.3 is 19.5 Å². The standard InChI is InChI=1S/C25H25F2N3O4.Ca.2H/c1-13-17(11-28-18-8-9-20-21(10-18)32-12-22(20)33-16(4)31)6-5-7-19(13)23-14(2)29-25(30-15(23)3)34-24(26)27;;;/h5-10,22,24,28H,11-12H2,1-4H3;;;/t22-;;;/m1.../s1. The number of nitrogens with zero attached hydrogens (tertiary/aromatic N) is 2. The number of fused-ring (bicyclic) bond motifs is 1. The Morgan fingerprint density at radius 2 is 1.89 bits per heavy atom. The summed E-state index contributed by atoms with van der Waals surface area (Å²) in [6.07, 6.45) is -0.383. The molecule has 1 atom stereocenters. The first kappa shape index (κ1) is 27.1. The summed E-state index contributed by atoms with van der Waals surface area (Å²) in [5.74, 6) is 0.349. The van der Waals surface area contributed by atoms with Crippen molar-refractivity contribution in [2.75, 3.05) is 11.9 Å². The van der Waals surface area contributed by atoms with Crippen LogP contribution in [0.3, 0.4) is 0 Å². The Kier molecular flexibility index (Phi) is 8.90. The fourth-order valence-electron chi connectivity index (χ4n) is 4.14. The molecule has 1 aromatic heterocycles. The van der Waals surface area contributed by atoms with E-state index in [9.17, 15) is 13.6 Å². The van der Waals surface area contributed by atoms with Crippen LogP contribution in [0.2, 0.25) is 0 Å². The summed E-state index contributed by atoms with van der Waals surface area (Å²) in [7, 11) is 0. The molecule has 0 aliphatic carbocycles. The normalized spacial score (nSPS) is 14.1. The third kappa shape index (κ3) is 6.20. The molecule has 0 bridgehead atoms. The molecule has 0 radical (unpaired) electrons. The van der Waals surface area contributed by atoms with Gasteiger partial charge in [-0.15, -0.1) is 0 Å². The molecule has 0 saturated heterocycles. The van der Waals surface area contributed by atoms with E-state index in [0.717, 1.165) is 33.5 Å². The molecule has 10 heteroatoms. The van der Waals surface area contributed by atoms with Gasteiger partial charge in [0, 0.05) is 36.3 Å². The van der Waals surface area contributed by atoms with Gasteiger partial charge in [-0.1, -0.05) is 18.2 Å². The molecule has 0 fully saturated rings. The minimum atomic E-state index is -2.97. The van der Waals surface area contributed by atoms with Crippen molar-refractivity contribution >= 4 is 49.4 Å². The summed E-state index contributed by atoms with van der Waals surface area (Å²) in [5.41, 5.74) is 6.66. The monoisotopic (exact) mass is 511 g/mol.